The fourth-order valence-corrected chi connectivity index (χ4v) is 6.40. The Hall–Kier alpha value is 6.65. The van der Waals surface area contributed by atoms with Crippen molar-refractivity contribution in [3.63, 3.8) is 0 Å². The van der Waals surface area contributed by atoms with E-state index in [0.29, 0.717) is 0 Å². The van der Waals surface area contributed by atoms with Crippen LogP contribution in [0.4, 0.5) is 0 Å². The van der Waals surface area contributed by atoms with Crippen molar-refractivity contribution < 1.29 is 86.6 Å². The summed E-state index contributed by atoms with van der Waals surface area (Å²) in [4.78, 5) is 0. The van der Waals surface area contributed by atoms with Crippen LogP contribution in [0.1, 0.15) is 107 Å². The molecule has 4 nitrogen and oxygen atoms in total. The van der Waals surface area contributed by atoms with Crippen LogP contribution in [0, 0.1) is 0 Å². The van der Waals surface area contributed by atoms with Crippen molar-refractivity contribution in [1.29, 1.82) is 0 Å². The molecular formula is C30H58Cl6Cu4N4Se8. The Morgan fingerprint density at radius 2 is 0.385 bits per heavy atom. The minimum atomic E-state index is -0.750. The molecule has 0 aromatic heterocycles. The summed E-state index contributed by atoms with van der Waals surface area (Å²) >= 11 is 52.8. The Kier molecular flexibility index (Phi) is 106. The summed E-state index contributed by atoms with van der Waals surface area (Å²) in [5, 5.41) is 0. The molecule has 0 N–H and O–H groups in total. The van der Waals surface area contributed by atoms with E-state index in [0.717, 1.165) is 52.4 Å². The van der Waals surface area contributed by atoms with Crippen LogP contribution in [-0.4, -0.2) is 221 Å². The van der Waals surface area contributed by atoms with Gasteiger partial charge in [0.15, 0.2) is 8.59 Å². The van der Waals surface area contributed by atoms with Crippen LogP contribution >= 0.6 is 69.6 Å². The molecule has 0 fully saturated rings. The van der Waals surface area contributed by atoms with Crippen molar-refractivity contribution >= 4 is 212 Å². The van der Waals surface area contributed by atoms with Gasteiger partial charge in [0.2, 0.25) is 0 Å². The summed E-state index contributed by atoms with van der Waals surface area (Å²) in [6, 6.07) is 0. The molecule has 0 aromatic carbocycles. The monoisotopic (exact) mass is 1580 g/mol. The number of nitrogens with zero attached hydrogens (tertiary/aromatic N) is 4. The zero-order valence-corrected chi connectivity index (χ0v) is 53.0. The molecule has 0 heterocycles. The van der Waals surface area contributed by atoms with Gasteiger partial charge in [-0.3, -0.25) is 0 Å². The predicted octanol–water partition coefficient (Wildman–Crippen LogP) is 6.01. The van der Waals surface area contributed by atoms with Crippen LogP contribution in [0.3, 0.4) is 0 Å². The topological polar surface area (TPSA) is 12.0 Å². The summed E-state index contributed by atoms with van der Waals surface area (Å²) < 4.78 is 12.6. The summed E-state index contributed by atoms with van der Waals surface area (Å²) in [6.45, 7) is 26.8. The van der Waals surface area contributed by atoms with E-state index in [2.05, 4.69) is 202 Å². The summed E-state index contributed by atoms with van der Waals surface area (Å²) in [7, 11) is 0. The molecule has 0 saturated heterocycles. The van der Waals surface area contributed by atoms with E-state index in [1.54, 1.807) is 0 Å². The van der Waals surface area contributed by atoms with Gasteiger partial charge in [0.25, 0.3) is 0 Å². The minimum absolute atomic E-state index is 0. The molecule has 52 heavy (non-hydrogen) atoms. The maximum absolute atomic E-state index is 4.81. The molecule has 0 bridgehead atoms. The van der Waals surface area contributed by atoms with E-state index in [9.17, 15) is 0 Å². The molecule has 0 aromatic rings. The number of halogens is 6. The van der Waals surface area contributed by atoms with Gasteiger partial charge in [0, 0.05) is 0 Å². The third-order valence-electron chi connectivity index (χ3n) is 4.98. The Morgan fingerprint density at radius 3 is 0.423 bits per heavy atom. The van der Waals surface area contributed by atoms with Crippen molar-refractivity contribution in [2.75, 3.05) is 52.4 Å². The number of hydrogen-bond donors (Lipinski definition) is 0. The minimum Gasteiger partial charge on any atom is -0.0874 e. The molecular weight excluding hydrogens is 1510 g/mol. The van der Waals surface area contributed by atoms with Crippen LogP contribution in [0.2, 0.25) is 0 Å². The van der Waals surface area contributed by atoms with Crippen molar-refractivity contribution in [2.24, 2.45) is 0 Å². The molecule has 0 aliphatic carbocycles. The molecule has 0 aliphatic rings. The second kappa shape index (κ2) is 66.7. The third kappa shape index (κ3) is 80.6. The first-order chi connectivity index (χ1) is 22.3. The quantitative estimate of drug-likeness (QED) is 0.0779. The van der Waals surface area contributed by atoms with E-state index >= 15 is 0 Å². The smallest absolute Gasteiger partial charge is 0.0874 e. The summed E-state index contributed by atoms with van der Waals surface area (Å²) in [6.07, 6.45) is 9.72. The third-order valence-corrected chi connectivity index (χ3v) is 9.31. The van der Waals surface area contributed by atoms with Gasteiger partial charge < -0.3 is 0 Å². The standard InChI is InChI=1S/4C7H15NSe2.2CHCl3.4Cu/c4*1-3-5-8(6-4-2)7(9)10;2*2-1(3)4;;;;/h4*3-6H2,1-2H3,(H,9,10);2*1H;;;;/q;;;;;;4*+1/p-4. The van der Waals surface area contributed by atoms with Gasteiger partial charge in [-0.15, -0.1) is 0 Å². The largest absolute Gasteiger partial charge is 1.00 e. The second-order valence-electron chi connectivity index (χ2n) is 9.51. The summed E-state index contributed by atoms with van der Waals surface area (Å²) in [5.74, 6) is 0. The summed E-state index contributed by atoms with van der Waals surface area (Å²) in [5.41, 5.74) is 0. The first-order valence-corrected chi connectivity index (χ1v) is 25.5. The van der Waals surface area contributed by atoms with Crippen molar-refractivity contribution in [2.45, 2.75) is 115 Å². The van der Waals surface area contributed by atoms with Gasteiger partial charge in [0.05, 0.1) is 0 Å². The van der Waals surface area contributed by atoms with Crippen LogP contribution in [0.15, 0.2) is 0 Å². The van der Waals surface area contributed by atoms with E-state index in [-0.39, 0.29) is 68.3 Å². The van der Waals surface area contributed by atoms with Gasteiger partial charge in [-0.05, 0) is 0 Å². The van der Waals surface area contributed by atoms with Gasteiger partial charge >= 0.3 is 388 Å². The molecule has 0 atom stereocenters. The van der Waals surface area contributed by atoms with Crippen LogP contribution in [-0.2, 0) is 68.3 Å². The Morgan fingerprint density at radius 1 is 0.308 bits per heavy atom. The van der Waals surface area contributed by atoms with Gasteiger partial charge in [-0.2, -0.15) is 0 Å². The first-order valence-electron chi connectivity index (χ1n) is 16.0. The van der Waals surface area contributed by atoms with Crippen molar-refractivity contribution in [3.05, 3.63) is 0 Å². The molecule has 0 rings (SSSR count). The van der Waals surface area contributed by atoms with Crippen molar-refractivity contribution in [1.82, 2.24) is 0 Å². The molecule has 0 unspecified atom stereocenters. The molecule has 0 aliphatic heterocycles. The van der Waals surface area contributed by atoms with Gasteiger partial charge in [0.1, 0.15) is 0 Å². The molecule has 0 amide bonds. The fourth-order valence-electron chi connectivity index (χ4n) is 3.34. The van der Waals surface area contributed by atoms with Crippen LogP contribution < -0.4 is 0 Å². The Bertz CT molecular complexity index is 676. The molecule has 0 radical (unpaired) electrons. The average molecular weight is 1570 g/mol. The zero-order chi connectivity index (χ0) is 39.1. The molecule has 332 valence electrons. The average Bonchev–Trinajstić information content (AvgIpc) is 2.97. The first kappa shape index (κ1) is 82.4. The van der Waals surface area contributed by atoms with E-state index in [4.69, 9.17) is 69.6 Å². The van der Waals surface area contributed by atoms with Gasteiger partial charge in [-0.1, -0.05) is 69.6 Å². The Balaban J connectivity index is -0.0000000516. The SMILES string of the molecule is CCC[N+](CCC)=C([Se-])[Se-].CCC[N+](CCC)=C([Se-])[Se-].CCC[N+](CCC)=C([Se-])[Se-].CCC[N+](CCC)=C([Se-])[Se-].ClC(Cl)Cl.ClC(Cl)Cl.[Cu+].[Cu+].[Cu+].[Cu+]. The predicted molar refractivity (Wildman–Crippen MR) is 231 cm³/mol. The van der Waals surface area contributed by atoms with Crippen LogP contribution in [0.25, 0.3) is 0 Å². The zero-order valence-electron chi connectivity index (χ0n) is 31.0. The number of hydrogen-bond acceptors (Lipinski definition) is 0. The number of rotatable bonds is 16. The van der Waals surface area contributed by atoms with Crippen molar-refractivity contribution in [3.8, 4) is 0 Å². The Labute approximate surface area is 458 Å². The maximum Gasteiger partial charge on any atom is 1.00 e. The number of alkyl halides is 6. The van der Waals surface area contributed by atoms with E-state index in [1.807, 2.05) is 0 Å². The van der Waals surface area contributed by atoms with E-state index < -0.39 is 8.59 Å². The fraction of sp³-hybridized carbons (Fsp3) is 0.867. The van der Waals surface area contributed by atoms with Crippen LogP contribution in [0.5, 0.6) is 0 Å². The van der Waals surface area contributed by atoms with Gasteiger partial charge in [-0.25, -0.2) is 0 Å². The second-order valence-corrected chi connectivity index (χ2v) is 25.2. The normalized spacial score (nSPS) is 8.62. The molecule has 22 heteroatoms. The molecule has 0 spiro atoms. The molecule has 0 saturated carbocycles. The van der Waals surface area contributed by atoms with E-state index in [1.165, 1.54) is 65.4 Å². The maximum atomic E-state index is 4.81.